The Morgan fingerprint density at radius 2 is 2.26 bits per heavy atom. The number of anilines is 3. The van der Waals surface area contributed by atoms with Crippen LogP contribution in [0.1, 0.15) is 12.0 Å². The number of fused-ring (bicyclic) bond motifs is 1. The summed E-state index contributed by atoms with van der Waals surface area (Å²) in [5.74, 6) is 0.370. The Balaban J connectivity index is 1.91. The lowest BCUT2D eigenvalue weighted by atomic mass is 10.0. The quantitative estimate of drug-likeness (QED) is 0.788. The molecule has 3 N–H and O–H groups in total. The molecule has 0 bridgehead atoms. The van der Waals surface area contributed by atoms with Gasteiger partial charge in [-0.05, 0) is 36.6 Å². The van der Waals surface area contributed by atoms with Gasteiger partial charge in [-0.15, -0.1) is 0 Å². The van der Waals surface area contributed by atoms with Crippen LogP contribution in [0.15, 0.2) is 29.3 Å². The molecule has 1 aliphatic rings. The average molecular weight is 277 g/mol. The fraction of sp³-hybridized carbons (Fsp3) is 0.231. The van der Waals surface area contributed by atoms with Crippen LogP contribution in [0.3, 0.4) is 0 Å². The summed E-state index contributed by atoms with van der Waals surface area (Å²) in [6.45, 7) is 1.02. The van der Waals surface area contributed by atoms with Crippen LogP contribution in [0, 0.1) is 0 Å². The van der Waals surface area contributed by atoms with Crippen molar-refractivity contribution in [3.05, 3.63) is 45.5 Å². The summed E-state index contributed by atoms with van der Waals surface area (Å²) in [6.07, 6.45) is 3.51. The predicted molar refractivity (Wildman–Crippen MR) is 76.4 cm³/mol. The molecule has 0 radical (unpaired) electrons. The fourth-order valence-corrected chi connectivity index (χ4v) is 2.31. The van der Waals surface area contributed by atoms with Crippen LogP contribution in [-0.2, 0) is 6.42 Å². The van der Waals surface area contributed by atoms with Gasteiger partial charge in [-0.2, -0.15) is 0 Å². The van der Waals surface area contributed by atoms with Gasteiger partial charge in [0, 0.05) is 17.9 Å². The molecule has 3 rings (SSSR count). The van der Waals surface area contributed by atoms with Gasteiger partial charge in [0.25, 0.3) is 5.56 Å². The molecule has 0 aliphatic carbocycles. The molecule has 2 heterocycles. The van der Waals surface area contributed by atoms with Gasteiger partial charge in [0.2, 0.25) is 0 Å². The first-order valence-corrected chi connectivity index (χ1v) is 6.49. The molecule has 0 unspecified atom stereocenters. The lowest BCUT2D eigenvalue weighted by Crippen LogP contribution is -2.12. The summed E-state index contributed by atoms with van der Waals surface area (Å²) in [4.78, 5) is 17.8. The van der Waals surface area contributed by atoms with Crippen molar-refractivity contribution in [2.75, 3.05) is 17.2 Å². The fourth-order valence-electron chi connectivity index (χ4n) is 2.16. The van der Waals surface area contributed by atoms with Crippen molar-refractivity contribution in [3.63, 3.8) is 0 Å². The van der Waals surface area contributed by atoms with E-state index in [0.29, 0.717) is 5.82 Å². The van der Waals surface area contributed by atoms with E-state index in [2.05, 4.69) is 26.7 Å². The monoisotopic (exact) mass is 276 g/mol. The number of nitrogens with zero attached hydrogens (tertiary/aromatic N) is 1. The number of H-pyrrole nitrogens is 1. The zero-order valence-electron chi connectivity index (χ0n) is 10.2. The minimum Gasteiger partial charge on any atom is -0.385 e. The average Bonchev–Trinajstić information content (AvgIpc) is 2.44. The molecular formula is C13H13ClN4O. The van der Waals surface area contributed by atoms with Gasteiger partial charge in [0.1, 0.15) is 5.02 Å². The maximum absolute atomic E-state index is 11.4. The maximum Gasteiger partial charge on any atom is 0.271 e. The maximum atomic E-state index is 11.4. The van der Waals surface area contributed by atoms with E-state index in [0.717, 1.165) is 25.1 Å². The van der Waals surface area contributed by atoms with Gasteiger partial charge < -0.3 is 15.6 Å². The van der Waals surface area contributed by atoms with Crippen molar-refractivity contribution >= 4 is 28.8 Å². The Morgan fingerprint density at radius 3 is 3.16 bits per heavy atom. The van der Waals surface area contributed by atoms with Crippen molar-refractivity contribution in [1.29, 1.82) is 0 Å². The summed E-state index contributed by atoms with van der Waals surface area (Å²) in [5, 5.41) is 6.49. The highest BCUT2D eigenvalue weighted by molar-refractivity contribution is 6.32. The Morgan fingerprint density at radius 1 is 1.37 bits per heavy atom. The summed E-state index contributed by atoms with van der Waals surface area (Å²) in [6, 6.07) is 6.02. The van der Waals surface area contributed by atoms with Gasteiger partial charge in [-0.1, -0.05) is 11.6 Å². The van der Waals surface area contributed by atoms with Gasteiger partial charge in [0.15, 0.2) is 5.82 Å². The molecule has 1 aromatic heterocycles. The van der Waals surface area contributed by atoms with Crippen molar-refractivity contribution in [2.45, 2.75) is 12.8 Å². The van der Waals surface area contributed by atoms with Crippen LogP contribution < -0.4 is 16.2 Å². The predicted octanol–water partition coefficient (Wildman–Crippen LogP) is 2.53. The van der Waals surface area contributed by atoms with Crippen LogP contribution in [-0.4, -0.2) is 16.5 Å². The van der Waals surface area contributed by atoms with Crippen molar-refractivity contribution < 1.29 is 0 Å². The molecule has 0 atom stereocenters. The molecule has 0 amide bonds. The molecule has 0 saturated heterocycles. The van der Waals surface area contributed by atoms with E-state index in [1.54, 1.807) is 0 Å². The molecule has 98 valence electrons. The summed E-state index contributed by atoms with van der Waals surface area (Å²) in [5.41, 5.74) is 2.96. The summed E-state index contributed by atoms with van der Waals surface area (Å²) < 4.78 is 0. The molecule has 2 aromatic rings. The number of rotatable bonds is 2. The number of nitrogens with one attached hydrogen (secondary N) is 3. The van der Waals surface area contributed by atoms with E-state index in [1.165, 1.54) is 17.6 Å². The highest BCUT2D eigenvalue weighted by Crippen LogP contribution is 2.27. The third-order valence-electron chi connectivity index (χ3n) is 3.10. The molecule has 5 nitrogen and oxygen atoms in total. The molecule has 0 spiro atoms. The topological polar surface area (TPSA) is 69.8 Å². The van der Waals surface area contributed by atoms with Crippen molar-refractivity contribution in [3.8, 4) is 0 Å². The first kappa shape index (κ1) is 12.0. The van der Waals surface area contributed by atoms with Gasteiger partial charge in [-0.3, -0.25) is 4.79 Å². The van der Waals surface area contributed by atoms with Crippen molar-refractivity contribution in [1.82, 2.24) is 9.97 Å². The molecule has 6 heteroatoms. The number of aryl methyl sites for hydroxylation is 1. The Bertz CT molecular complexity index is 668. The van der Waals surface area contributed by atoms with E-state index < -0.39 is 0 Å². The minimum absolute atomic E-state index is 0.0679. The highest BCUT2D eigenvalue weighted by Gasteiger charge is 2.10. The molecule has 0 saturated carbocycles. The van der Waals surface area contributed by atoms with E-state index in [-0.39, 0.29) is 10.6 Å². The number of aromatic nitrogens is 2. The lowest BCUT2D eigenvalue weighted by Gasteiger charge is -2.19. The zero-order chi connectivity index (χ0) is 13.2. The molecule has 1 aliphatic heterocycles. The SMILES string of the molecule is O=c1[nH]cnc(Nc2ccc3c(c2)CCCN3)c1Cl. The Kier molecular flexibility index (Phi) is 3.13. The summed E-state index contributed by atoms with van der Waals surface area (Å²) in [7, 11) is 0. The van der Waals surface area contributed by atoms with Crippen LogP contribution in [0.4, 0.5) is 17.2 Å². The second-order valence-electron chi connectivity index (χ2n) is 4.42. The van der Waals surface area contributed by atoms with Crippen LogP contribution in [0.25, 0.3) is 0 Å². The number of hydrogen-bond donors (Lipinski definition) is 3. The van der Waals surface area contributed by atoms with E-state index >= 15 is 0 Å². The third-order valence-corrected chi connectivity index (χ3v) is 3.45. The standard InChI is InChI=1S/C13H13ClN4O/c14-11-12(16-7-17-13(11)19)18-9-3-4-10-8(6-9)2-1-5-15-10/h3-4,6-7,15H,1-2,5H2,(H2,16,17,18,19). The highest BCUT2D eigenvalue weighted by atomic mass is 35.5. The normalized spacial score (nSPS) is 13.5. The second kappa shape index (κ2) is 4.93. The summed E-state index contributed by atoms with van der Waals surface area (Å²) >= 11 is 5.91. The van der Waals surface area contributed by atoms with Crippen molar-refractivity contribution in [2.24, 2.45) is 0 Å². The third kappa shape index (κ3) is 2.42. The number of halogens is 1. The minimum atomic E-state index is -0.348. The number of benzene rings is 1. The Labute approximate surface area is 115 Å². The van der Waals surface area contributed by atoms with Gasteiger partial charge in [0.05, 0.1) is 6.33 Å². The van der Waals surface area contributed by atoms with Crippen LogP contribution in [0.5, 0.6) is 0 Å². The van der Waals surface area contributed by atoms with E-state index in [1.807, 2.05) is 12.1 Å². The second-order valence-corrected chi connectivity index (χ2v) is 4.80. The van der Waals surface area contributed by atoms with E-state index in [9.17, 15) is 4.79 Å². The van der Waals surface area contributed by atoms with Crippen LogP contribution in [0.2, 0.25) is 5.02 Å². The number of aromatic amines is 1. The molecule has 1 aromatic carbocycles. The van der Waals surface area contributed by atoms with Gasteiger partial charge >= 0.3 is 0 Å². The van der Waals surface area contributed by atoms with E-state index in [4.69, 9.17) is 11.6 Å². The molecular weight excluding hydrogens is 264 g/mol. The number of hydrogen-bond acceptors (Lipinski definition) is 4. The lowest BCUT2D eigenvalue weighted by molar-refractivity contribution is 0.830. The van der Waals surface area contributed by atoms with Crippen LogP contribution >= 0.6 is 11.6 Å². The largest absolute Gasteiger partial charge is 0.385 e. The Hall–Kier alpha value is -2.01. The molecule has 0 fully saturated rings. The zero-order valence-corrected chi connectivity index (χ0v) is 10.9. The van der Waals surface area contributed by atoms with Gasteiger partial charge in [-0.25, -0.2) is 4.98 Å². The molecule has 19 heavy (non-hydrogen) atoms. The first-order chi connectivity index (χ1) is 9.24. The first-order valence-electron chi connectivity index (χ1n) is 6.11. The smallest absolute Gasteiger partial charge is 0.271 e.